The average Bonchev–Trinajstić information content (AvgIpc) is 2.84. The maximum atomic E-state index is 12.0. The zero-order chi connectivity index (χ0) is 9.71. The molecule has 2 aliphatic carbocycles. The molecule has 4 heteroatoms. The number of imide groups is 1. The van der Waals surface area contributed by atoms with Gasteiger partial charge in [-0.25, -0.2) is 4.79 Å². The second-order valence-electron chi connectivity index (χ2n) is 4.53. The summed E-state index contributed by atoms with van der Waals surface area (Å²) in [6, 6.07) is 0.190. The Hall–Kier alpha value is -1.06. The fourth-order valence-corrected chi connectivity index (χ4v) is 2.61. The quantitative estimate of drug-likeness (QED) is 0.673. The van der Waals surface area contributed by atoms with Gasteiger partial charge >= 0.3 is 6.03 Å². The van der Waals surface area contributed by atoms with Gasteiger partial charge in [0.05, 0.1) is 5.92 Å². The molecular weight excluding hydrogens is 180 g/mol. The van der Waals surface area contributed by atoms with Crippen molar-refractivity contribution in [2.24, 2.45) is 5.92 Å². The number of carbonyl (C=O) groups excluding carboxylic acids is 2. The number of amides is 3. The van der Waals surface area contributed by atoms with E-state index < -0.39 is 0 Å². The number of nitrogens with zero attached hydrogens (tertiary/aromatic N) is 1. The minimum atomic E-state index is -0.152. The number of hydrogen-bond donors (Lipinski definition) is 1. The third-order valence-electron chi connectivity index (χ3n) is 3.51. The van der Waals surface area contributed by atoms with E-state index in [0.29, 0.717) is 0 Å². The molecule has 1 heterocycles. The lowest BCUT2D eigenvalue weighted by Gasteiger charge is -2.33. The fraction of sp³-hybridized carbons (Fsp3) is 0.800. The highest BCUT2D eigenvalue weighted by atomic mass is 16.2. The molecule has 3 aliphatic rings. The van der Waals surface area contributed by atoms with Crippen LogP contribution in [0.5, 0.6) is 0 Å². The van der Waals surface area contributed by atoms with Crippen molar-refractivity contribution in [2.45, 2.75) is 44.2 Å². The smallest absolute Gasteiger partial charge is 0.324 e. The standard InChI is InChI=1S/C10H14N2O2/c13-9-7-2-1-3-8(7)11-10(14)12(9)6-4-5-6/h6-8H,1-5H2,(H,11,14). The molecule has 3 fully saturated rings. The number of carbonyl (C=O) groups is 2. The van der Waals surface area contributed by atoms with Gasteiger partial charge in [0.1, 0.15) is 0 Å². The average molecular weight is 194 g/mol. The minimum absolute atomic E-state index is 0.0771. The predicted octanol–water partition coefficient (Wildman–Crippen LogP) is 0.869. The Morgan fingerprint density at radius 2 is 1.93 bits per heavy atom. The summed E-state index contributed by atoms with van der Waals surface area (Å²) in [4.78, 5) is 25.1. The molecule has 2 saturated carbocycles. The molecule has 14 heavy (non-hydrogen) atoms. The van der Waals surface area contributed by atoms with Crippen molar-refractivity contribution in [3.05, 3.63) is 0 Å². The number of urea groups is 1. The van der Waals surface area contributed by atoms with Gasteiger partial charge < -0.3 is 5.32 Å². The molecule has 0 radical (unpaired) electrons. The molecule has 1 N–H and O–H groups in total. The number of nitrogens with one attached hydrogen (secondary N) is 1. The first-order valence-corrected chi connectivity index (χ1v) is 5.41. The summed E-state index contributed by atoms with van der Waals surface area (Å²) in [5.41, 5.74) is 0. The Labute approximate surface area is 82.6 Å². The van der Waals surface area contributed by atoms with Crippen LogP contribution in [0.4, 0.5) is 4.79 Å². The molecule has 0 bridgehead atoms. The zero-order valence-corrected chi connectivity index (χ0v) is 8.03. The Morgan fingerprint density at radius 1 is 1.14 bits per heavy atom. The topological polar surface area (TPSA) is 49.4 Å². The number of hydrogen-bond acceptors (Lipinski definition) is 2. The predicted molar refractivity (Wildman–Crippen MR) is 49.5 cm³/mol. The van der Waals surface area contributed by atoms with E-state index in [0.717, 1.165) is 32.1 Å². The molecule has 0 aromatic rings. The van der Waals surface area contributed by atoms with Crippen molar-refractivity contribution in [1.29, 1.82) is 0 Å². The summed E-state index contributed by atoms with van der Waals surface area (Å²) in [7, 11) is 0. The normalized spacial score (nSPS) is 37.0. The Balaban J connectivity index is 1.86. The SMILES string of the molecule is O=C1NC2CCCC2C(=O)N1C1CC1. The molecule has 2 unspecified atom stereocenters. The molecule has 0 aromatic carbocycles. The van der Waals surface area contributed by atoms with E-state index in [-0.39, 0.29) is 29.9 Å². The van der Waals surface area contributed by atoms with Crippen molar-refractivity contribution in [3.63, 3.8) is 0 Å². The van der Waals surface area contributed by atoms with E-state index >= 15 is 0 Å². The Bertz CT molecular complexity index is 298. The molecule has 76 valence electrons. The van der Waals surface area contributed by atoms with Crippen LogP contribution < -0.4 is 5.32 Å². The molecule has 2 atom stereocenters. The van der Waals surface area contributed by atoms with Crippen LogP contribution in [0, 0.1) is 5.92 Å². The summed E-state index contributed by atoms with van der Waals surface area (Å²) in [6.45, 7) is 0. The van der Waals surface area contributed by atoms with Crippen LogP contribution in [0.1, 0.15) is 32.1 Å². The van der Waals surface area contributed by atoms with E-state index in [1.54, 1.807) is 0 Å². The molecule has 3 rings (SSSR count). The molecule has 1 aliphatic heterocycles. The van der Waals surface area contributed by atoms with Gasteiger partial charge in [-0.2, -0.15) is 0 Å². The minimum Gasteiger partial charge on any atom is -0.334 e. The fourth-order valence-electron chi connectivity index (χ4n) is 2.61. The summed E-state index contributed by atoms with van der Waals surface area (Å²) in [5, 5.41) is 2.95. The van der Waals surface area contributed by atoms with Gasteiger partial charge in [-0.05, 0) is 25.7 Å². The van der Waals surface area contributed by atoms with Crippen LogP contribution in [-0.2, 0) is 4.79 Å². The Kier molecular flexibility index (Phi) is 1.60. The van der Waals surface area contributed by atoms with Crippen molar-refractivity contribution in [3.8, 4) is 0 Å². The highest BCUT2D eigenvalue weighted by molar-refractivity contribution is 5.99. The van der Waals surface area contributed by atoms with Crippen LogP contribution in [0.3, 0.4) is 0 Å². The van der Waals surface area contributed by atoms with E-state index in [4.69, 9.17) is 0 Å². The van der Waals surface area contributed by atoms with Crippen molar-refractivity contribution in [2.75, 3.05) is 0 Å². The lowest BCUT2D eigenvalue weighted by molar-refractivity contribution is -0.135. The number of rotatable bonds is 1. The van der Waals surface area contributed by atoms with Crippen LogP contribution in [0.2, 0.25) is 0 Å². The van der Waals surface area contributed by atoms with Gasteiger partial charge in [0, 0.05) is 12.1 Å². The first-order valence-electron chi connectivity index (χ1n) is 5.41. The van der Waals surface area contributed by atoms with Gasteiger partial charge in [0.25, 0.3) is 0 Å². The zero-order valence-electron chi connectivity index (χ0n) is 8.03. The molecule has 4 nitrogen and oxygen atoms in total. The van der Waals surface area contributed by atoms with Crippen molar-refractivity contribution >= 4 is 11.9 Å². The third kappa shape index (κ3) is 1.06. The van der Waals surface area contributed by atoms with E-state index in [2.05, 4.69) is 5.32 Å². The molecule has 3 amide bonds. The Morgan fingerprint density at radius 3 is 2.64 bits per heavy atom. The summed E-state index contributed by atoms with van der Waals surface area (Å²) in [5.74, 6) is 0.159. The second kappa shape index (κ2) is 2.72. The number of fused-ring (bicyclic) bond motifs is 1. The monoisotopic (exact) mass is 194 g/mol. The van der Waals surface area contributed by atoms with Crippen LogP contribution in [-0.4, -0.2) is 28.9 Å². The van der Waals surface area contributed by atoms with E-state index in [9.17, 15) is 9.59 Å². The second-order valence-corrected chi connectivity index (χ2v) is 4.53. The summed E-state index contributed by atoms with van der Waals surface area (Å²) >= 11 is 0. The maximum Gasteiger partial charge on any atom is 0.324 e. The van der Waals surface area contributed by atoms with E-state index in [1.165, 1.54) is 4.90 Å². The molecular formula is C10H14N2O2. The lowest BCUT2D eigenvalue weighted by atomic mass is 9.99. The van der Waals surface area contributed by atoms with Gasteiger partial charge in [0.15, 0.2) is 0 Å². The van der Waals surface area contributed by atoms with Crippen LogP contribution >= 0.6 is 0 Å². The van der Waals surface area contributed by atoms with Gasteiger partial charge in [-0.1, -0.05) is 6.42 Å². The lowest BCUT2D eigenvalue weighted by Crippen LogP contribution is -2.58. The highest BCUT2D eigenvalue weighted by Crippen LogP contribution is 2.36. The first kappa shape index (κ1) is 8.26. The van der Waals surface area contributed by atoms with Gasteiger partial charge in [0.2, 0.25) is 5.91 Å². The van der Waals surface area contributed by atoms with Crippen molar-refractivity contribution < 1.29 is 9.59 Å². The van der Waals surface area contributed by atoms with Crippen LogP contribution in [0.15, 0.2) is 0 Å². The summed E-state index contributed by atoms with van der Waals surface area (Å²) in [6.07, 6.45) is 4.99. The van der Waals surface area contributed by atoms with E-state index in [1.807, 2.05) is 0 Å². The maximum absolute atomic E-state index is 12.0. The highest BCUT2D eigenvalue weighted by Gasteiger charge is 2.48. The molecule has 0 aromatic heterocycles. The summed E-state index contributed by atoms with van der Waals surface area (Å²) < 4.78 is 0. The first-order chi connectivity index (χ1) is 6.77. The molecule has 1 saturated heterocycles. The van der Waals surface area contributed by atoms with Crippen molar-refractivity contribution in [1.82, 2.24) is 10.2 Å². The third-order valence-corrected chi connectivity index (χ3v) is 3.51. The van der Waals surface area contributed by atoms with Gasteiger partial charge in [-0.3, -0.25) is 9.69 Å². The largest absolute Gasteiger partial charge is 0.334 e. The van der Waals surface area contributed by atoms with Crippen LogP contribution in [0.25, 0.3) is 0 Å². The van der Waals surface area contributed by atoms with Gasteiger partial charge in [-0.15, -0.1) is 0 Å². The molecule has 0 spiro atoms.